The van der Waals surface area contributed by atoms with Gasteiger partial charge in [0.2, 0.25) is 6.79 Å². The molecule has 0 aliphatic carbocycles. The highest BCUT2D eigenvalue weighted by molar-refractivity contribution is 5.91. The summed E-state index contributed by atoms with van der Waals surface area (Å²) in [5.74, 6) is 2.32. The van der Waals surface area contributed by atoms with Gasteiger partial charge in [-0.1, -0.05) is 6.07 Å². The average Bonchev–Trinajstić information content (AvgIpc) is 3.36. The Morgan fingerprint density at radius 3 is 2.89 bits per heavy atom. The van der Waals surface area contributed by atoms with Gasteiger partial charge >= 0.3 is 0 Å². The van der Waals surface area contributed by atoms with Crippen molar-refractivity contribution in [3.63, 3.8) is 0 Å². The molecule has 1 aromatic carbocycles. The van der Waals surface area contributed by atoms with Crippen LogP contribution in [0.3, 0.4) is 0 Å². The lowest BCUT2D eigenvalue weighted by molar-refractivity contribution is 0.0917. The lowest BCUT2D eigenvalue weighted by Crippen LogP contribution is -2.27. The van der Waals surface area contributed by atoms with Gasteiger partial charge in [-0.2, -0.15) is 0 Å². The maximum atomic E-state index is 12.2. The number of hydrogen-bond donors (Lipinski definition) is 1. The lowest BCUT2D eigenvalue weighted by atomic mass is 10.3. The molecule has 2 aromatic heterocycles. The minimum absolute atomic E-state index is 0.134. The Morgan fingerprint density at radius 2 is 2.00 bits per heavy atom. The van der Waals surface area contributed by atoms with Gasteiger partial charge in [0.1, 0.15) is 18.1 Å². The molecule has 0 atom stereocenters. The van der Waals surface area contributed by atoms with Crippen molar-refractivity contribution in [1.29, 1.82) is 0 Å². The van der Waals surface area contributed by atoms with E-state index < -0.39 is 0 Å². The van der Waals surface area contributed by atoms with Crippen molar-refractivity contribution in [2.75, 3.05) is 19.9 Å². The standard InChI is InChI=1S/C20H18N2O6/c23-19-3-1-2-9-22(19)12-15-5-7-17(28-15)20(24)21-8-10-25-14-4-6-16-18(11-14)27-13-26-16/h1-7,9,11H,8,10,12-13H2,(H,21,24). The fourth-order valence-electron chi connectivity index (χ4n) is 2.73. The summed E-state index contributed by atoms with van der Waals surface area (Å²) < 4.78 is 23.2. The second-order valence-corrected chi connectivity index (χ2v) is 6.05. The first-order valence-corrected chi connectivity index (χ1v) is 8.74. The van der Waals surface area contributed by atoms with Crippen LogP contribution in [0.15, 0.2) is 63.9 Å². The molecule has 0 saturated carbocycles. The molecule has 0 radical (unpaired) electrons. The molecule has 0 unspecified atom stereocenters. The van der Waals surface area contributed by atoms with Crippen molar-refractivity contribution >= 4 is 5.91 Å². The van der Waals surface area contributed by atoms with E-state index in [9.17, 15) is 9.59 Å². The van der Waals surface area contributed by atoms with Gasteiger partial charge in [-0.15, -0.1) is 0 Å². The molecule has 3 aromatic rings. The van der Waals surface area contributed by atoms with Crippen LogP contribution < -0.4 is 25.1 Å². The van der Waals surface area contributed by atoms with Gasteiger partial charge in [0.25, 0.3) is 11.5 Å². The number of carbonyl (C=O) groups excluding carboxylic acids is 1. The molecule has 1 amide bonds. The number of aromatic nitrogens is 1. The molecule has 0 fully saturated rings. The molecular weight excluding hydrogens is 364 g/mol. The first-order valence-electron chi connectivity index (χ1n) is 8.74. The first-order chi connectivity index (χ1) is 13.7. The van der Waals surface area contributed by atoms with Gasteiger partial charge in [-0.05, 0) is 30.3 Å². The average molecular weight is 382 g/mol. The molecule has 8 nitrogen and oxygen atoms in total. The van der Waals surface area contributed by atoms with Crippen molar-refractivity contribution in [3.8, 4) is 17.2 Å². The number of pyridine rings is 1. The molecule has 0 spiro atoms. The van der Waals surface area contributed by atoms with Crippen LogP contribution >= 0.6 is 0 Å². The van der Waals surface area contributed by atoms with Gasteiger partial charge in [0, 0.05) is 18.3 Å². The molecule has 28 heavy (non-hydrogen) atoms. The Hall–Kier alpha value is -3.68. The Morgan fingerprint density at radius 1 is 1.11 bits per heavy atom. The van der Waals surface area contributed by atoms with Crippen molar-refractivity contribution in [2.45, 2.75) is 6.54 Å². The van der Waals surface area contributed by atoms with Crippen molar-refractivity contribution < 1.29 is 23.4 Å². The van der Waals surface area contributed by atoms with Crippen LogP contribution in [0.1, 0.15) is 16.3 Å². The normalized spacial score (nSPS) is 12.0. The molecule has 144 valence electrons. The number of hydrogen-bond acceptors (Lipinski definition) is 6. The third-order valence-electron chi connectivity index (χ3n) is 4.11. The van der Waals surface area contributed by atoms with Gasteiger partial charge in [0.15, 0.2) is 17.3 Å². The highest BCUT2D eigenvalue weighted by Crippen LogP contribution is 2.34. The number of carbonyl (C=O) groups is 1. The number of furan rings is 1. The number of nitrogens with one attached hydrogen (secondary N) is 1. The second-order valence-electron chi connectivity index (χ2n) is 6.05. The second kappa shape index (κ2) is 7.91. The SMILES string of the molecule is O=C(NCCOc1ccc2c(c1)OCO2)c1ccc(Cn2ccccc2=O)o1. The lowest BCUT2D eigenvalue weighted by Gasteiger charge is -2.07. The van der Waals surface area contributed by atoms with E-state index in [1.54, 1.807) is 48.7 Å². The minimum atomic E-state index is -0.346. The van der Waals surface area contributed by atoms with Gasteiger partial charge in [-0.25, -0.2) is 0 Å². The van der Waals surface area contributed by atoms with E-state index in [1.807, 2.05) is 0 Å². The van der Waals surface area contributed by atoms with E-state index >= 15 is 0 Å². The van der Waals surface area contributed by atoms with Crippen molar-refractivity contribution in [3.05, 3.63) is 76.6 Å². The molecule has 3 heterocycles. The van der Waals surface area contributed by atoms with E-state index in [0.29, 0.717) is 36.2 Å². The molecule has 1 aliphatic rings. The predicted molar refractivity (Wildman–Crippen MR) is 98.9 cm³/mol. The highest BCUT2D eigenvalue weighted by atomic mass is 16.7. The van der Waals surface area contributed by atoms with E-state index in [4.69, 9.17) is 18.6 Å². The predicted octanol–water partition coefficient (Wildman–Crippen LogP) is 2.03. The summed E-state index contributed by atoms with van der Waals surface area (Å²) in [6.07, 6.45) is 1.66. The number of amides is 1. The maximum absolute atomic E-state index is 12.2. The maximum Gasteiger partial charge on any atom is 0.287 e. The zero-order valence-electron chi connectivity index (χ0n) is 14.9. The summed E-state index contributed by atoms with van der Waals surface area (Å²) in [5.41, 5.74) is -0.134. The topological polar surface area (TPSA) is 91.9 Å². The van der Waals surface area contributed by atoms with Crippen LogP contribution in [0.4, 0.5) is 0 Å². The number of benzene rings is 1. The minimum Gasteiger partial charge on any atom is -0.492 e. The van der Waals surface area contributed by atoms with E-state index in [2.05, 4.69) is 5.32 Å². The Kier molecular flexibility index (Phi) is 5.01. The van der Waals surface area contributed by atoms with Crippen LogP contribution in [0.2, 0.25) is 0 Å². The van der Waals surface area contributed by atoms with Crippen LogP contribution in [-0.2, 0) is 6.54 Å². The summed E-state index contributed by atoms with van der Waals surface area (Å²) in [6, 6.07) is 13.5. The largest absolute Gasteiger partial charge is 0.492 e. The fraction of sp³-hybridized carbons (Fsp3) is 0.200. The third kappa shape index (κ3) is 4.01. The molecule has 4 rings (SSSR count). The van der Waals surface area contributed by atoms with Crippen LogP contribution in [-0.4, -0.2) is 30.4 Å². The highest BCUT2D eigenvalue weighted by Gasteiger charge is 2.14. The fourth-order valence-corrected chi connectivity index (χ4v) is 2.73. The number of ether oxygens (including phenoxy) is 3. The molecule has 1 aliphatic heterocycles. The Labute approximate surface area is 160 Å². The number of fused-ring (bicyclic) bond motifs is 1. The smallest absolute Gasteiger partial charge is 0.287 e. The summed E-state index contributed by atoms with van der Waals surface area (Å²) in [7, 11) is 0. The van der Waals surface area contributed by atoms with E-state index in [-0.39, 0.29) is 30.6 Å². The summed E-state index contributed by atoms with van der Waals surface area (Å²) in [6.45, 7) is 1.07. The first kappa shape index (κ1) is 17.7. The zero-order chi connectivity index (χ0) is 19.3. The van der Waals surface area contributed by atoms with Crippen LogP contribution in [0.25, 0.3) is 0 Å². The quantitative estimate of drug-likeness (QED) is 0.629. The molecule has 0 saturated heterocycles. The number of rotatable bonds is 7. The summed E-state index contributed by atoms with van der Waals surface area (Å²) in [5, 5.41) is 2.73. The Balaban J connectivity index is 1.26. The van der Waals surface area contributed by atoms with Crippen molar-refractivity contribution in [1.82, 2.24) is 9.88 Å². The van der Waals surface area contributed by atoms with Crippen molar-refractivity contribution in [2.24, 2.45) is 0 Å². The van der Waals surface area contributed by atoms with Crippen LogP contribution in [0.5, 0.6) is 17.2 Å². The molecule has 1 N–H and O–H groups in total. The third-order valence-corrected chi connectivity index (χ3v) is 4.11. The van der Waals surface area contributed by atoms with E-state index in [1.165, 1.54) is 10.6 Å². The number of nitrogens with zero attached hydrogens (tertiary/aromatic N) is 1. The monoisotopic (exact) mass is 382 g/mol. The molecular formula is C20H18N2O6. The van der Waals surface area contributed by atoms with Crippen LogP contribution in [0, 0.1) is 0 Å². The van der Waals surface area contributed by atoms with Gasteiger partial charge < -0.3 is 28.5 Å². The van der Waals surface area contributed by atoms with Gasteiger partial charge in [-0.3, -0.25) is 9.59 Å². The zero-order valence-corrected chi connectivity index (χ0v) is 14.9. The molecule has 8 heteroatoms. The summed E-state index contributed by atoms with van der Waals surface area (Å²) in [4.78, 5) is 23.9. The molecule has 0 bridgehead atoms. The van der Waals surface area contributed by atoms with E-state index in [0.717, 1.165) is 0 Å². The summed E-state index contributed by atoms with van der Waals surface area (Å²) >= 11 is 0. The van der Waals surface area contributed by atoms with Gasteiger partial charge in [0.05, 0.1) is 13.1 Å². The Bertz CT molecular complexity index is 1040.